The lowest BCUT2D eigenvalue weighted by atomic mass is 9.67. The van der Waals surface area contributed by atoms with Gasteiger partial charge in [0.15, 0.2) is 0 Å². The standard InChI is InChI=1S/C12H19N3O2S/c1-14-9(16)8-4-2-7-15(8)11(17)12(10(13)18)5-3-6-12/h8H,2-7H2,1H3,(H2,13,18)(H,14,16). The van der Waals surface area contributed by atoms with Crippen LogP contribution in [0.25, 0.3) is 0 Å². The number of likely N-dealkylation sites (N-methyl/N-ethyl adjacent to an activating group) is 1. The van der Waals surface area contributed by atoms with Crippen LogP contribution in [0.2, 0.25) is 0 Å². The Morgan fingerprint density at radius 1 is 1.39 bits per heavy atom. The number of hydrogen-bond donors (Lipinski definition) is 2. The fourth-order valence-corrected chi connectivity index (χ4v) is 3.11. The summed E-state index contributed by atoms with van der Waals surface area (Å²) in [7, 11) is 1.59. The van der Waals surface area contributed by atoms with E-state index in [1.54, 1.807) is 11.9 Å². The summed E-state index contributed by atoms with van der Waals surface area (Å²) in [6.07, 6.45) is 3.99. The Labute approximate surface area is 112 Å². The number of hydrogen-bond acceptors (Lipinski definition) is 3. The topological polar surface area (TPSA) is 75.4 Å². The van der Waals surface area contributed by atoms with Crippen molar-refractivity contribution < 1.29 is 9.59 Å². The van der Waals surface area contributed by atoms with Crippen LogP contribution in [0.5, 0.6) is 0 Å². The molecule has 6 heteroatoms. The van der Waals surface area contributed by atoms with Crippen LogP contribution in [-0.4, -0.2) is 41.3 Å². The van der Waals surface area contributed by atoms with E-state index in [-0.39, 0.29) is 22.8 Å². The predicted molar refractivity (Wildman–Crippen MR) is 71.9 cm³/mol. The minimum atomic E-state index is -0.675. The number of carbonyl (C=O) groups is 2. The molecule has 1 saturated carbocycles. The zero-order valence-electron chi connectivity index (χ0n) is 10.6. The van der Waals surface area contributed by atoms with Crippen molar-refractivity contribution in [1.82, 2.24) is 10.2 Å². The number of carbonyl (C=O) groups excluding carboxylic acids is 2. The van der Waals surface area contributed by atoms with Crippen LogP contribution in [0.1, 0.15) is 32.1 Å². The average molecular weight is 269 g/mol. The van der Waals surface area contributed by atoms with E-state index < -0.39 is 5.41 Å². The molecule has 0 spiro atoms. The molecule has 3 N–H and O–H groups in total. The zero-order chi connectivity index (χ0) is 13.3. The van der Waals surface area contributed by atoms with Crippen LogP contribution in [0, 0.1) is 5.41 Å². The number of amides is 2. The Bertz CT molecular complexity index is 393. The second-order valence-electron chi connectivity index (χ2n) is 5.07. The van der Waals surface area contributed by atoms with Crippen LogP contribution >= 0.6 is 12.2 Å². The maximum Gasteiger partial charge on any atom is 0.242 e. The summed E-state index contributed by atoms with van der Waals surface area (Å²) in [6, 6.07) is -0.352. The number of thiocarbonyl (C=S) groups is 1. The van der Waals surface area contributed by atoms with Gasteiger partial charge in [0.25, 0.3) is 0 Å². The van der Waals surface area contributed by atoms with Crippen molar-refractivity contribution in [3.63, 3.8) is 0 Å². The molecule has 5 nitrogen and oxygen atoms in total. The molecule has 1 aliphatic carbocycles. The molecule has 0 aromatic carbocycles. The van der Waals surface area contributed by atoms with Gasteiger partial charge in [-0.2, -0.15) is 0 Å². The lowest BCUT2D eigenvalue weighted by molar-refractivity contribution is -0.146. The van der Waals surface area contributed by atoms with E-state index in [9.17, 15) is 9.59 Å². The van der Waals surface area contributed by atoms with Gasteiger partial charge in [0.2, 0.25) is 11.8 Å². The molecule has 2 amide bonds. The van der Waals surface area contributed by atoms with Crippen LogP contribution < -0.4 is 11.1 Å². The minimum absolute atomic E-state index is 0.0487. The normalized spacial score (nSPS) is 25.4. The first-order valence-electron chi connectivity index (χ1n) is 6.35. The highest BCUT2D eigenvalue weighted by Crippen LogP contribution is 2.44. The third-order valence-corrected chi connectivity index (χ3v) is 4.54. The SMILES string of the molecule is CNC(=O)C1CCCN1C(=O)C1(C(N)=S)CCC1. The van der Waals surface area contributed by atoms with E-state index in [1.165, 1.54) is 0 Å². The smallest absolute Gasteiger partial charge is 0.242 e. The van der Waals surface area contributed by atoms with Crippen molar-refractivity contribution >= 4 is 29.0 Å². The summed E-state index contributed by atoms with van der Waals surface area (Å²) in [5, 5.41) is 2.61. The molecule has 1 heterocycles. The van der Waals surface area contributed by atoms with Crippen molar-refractivity contribution in [3.05, 3.63) is 0 Å². The molecule has 0 bridgehead atoms. The lowest BCUT2D eigenvalue weighted by Gasteiger charge is -2.42. The fraction of sp³-hybridized carbons (Fsp3) is 0.750. The van der Waals surface area contributed by atoms with Gasteiger partial charge in [0.1, 0.15) is 6.04 Å². The van der Waals surface area contributed by atoms with Gasteiger partial charge in [-0.1, -0.05) is 18.6 Å². The van der Waals surface area contributed by atoms with Crippen LogP contribution in [-0.2, 0) is 9.59 Å². The summed E-state index contributed by atoms with van der Waals surface area (Å²) in [5.74, 6) is -0.148. The molecule has 0 aromatic heterocycles. The van der Waals surface area contributed by atoms with Gasteiger partial charge in [-0.3, -0.25) is 9.59 Å². The van der Waals surface area contributed by atoms with Gasteiger partial charge in [0.05, 0.1) is 10.4 Å². The Morgan fingerprint density at radius 2 is 2.06 bits per heavy atom. The molecule has 1 aliphatic heterocycles. The number of likely N-dealkylation sites (tertiary alicyclic amines) is 1. The summed E-state index contributed by atoms with van der Waals surface area (Å²) in [6.45, 7) is 0.626. The molecular weight excluding hydrogens is 250 g/mol. The predicted octanol–water partition coefficient (Wildman–Crippen LogP) is 0.180. The average Bonchev–Trinajstić information content (AvgIpc) is 2.74. The second-order valence-corrected chi connectivity index (χ2v) is 5.51. The third-order valence-electron chi connectivity index (χ3n) is 4.15. The van der Waals surface area contributed by atoms with E-state index in [0.29, 0.717) is 6.54 Å². The molecule has 2 aliphatic rings. The maximum atomic E-state index is 12.6. The van der Waals surface area contributed by atoms with Gasteiger partial charge in [0, 0.05) is 13.6 Å². The van der Waals surface area contributed by atoms with Crippen molar-refractivity contribution in [2.45, 2.75) is 38.1 Å². The van der Waals surface area contributed by atoms with E-state index in [2.05, 4.69) is 5.32 Å². The Balaban J connectivity index is 2.17. The molecule has 18 heavy (non-hydrogen) atoms. The van der Waals surface area contributed by atoms with Crippen LogP contribution in [0.3, 0.4) is 0 Å². The van der Waals surface area contributed by atoms with E-state index >= 15 is 0 Å². The largest absolute Gasteiger partial charge is 0.392 e. The minimum Gasteiger partial charge on any atom is -0.392 e. The second kappa shape index (κ2) is 4.84. The van der Waals surface area contributed by atoms with E-state index in [0.717, 1.165) is 32.1 Å². The fourth-order valence-electron chi connectivity index (χ4n) is 2.82. The highest BCUT2D eigenvalue weighted by atomic mass is 32.1. The van der Waals surface area contributed by atoms with Gasteiger partial charge in [-0.15, -0.1) is 0 Å². The van der Waals surface area contributed by atoms with E-state index in [4.69, 9.17) is 18.0 Å². The van der Waals surface area contributed by atoms with Gasteiger partial charge in [-0.25, -0.2) is 0 Å². The van der Waals surface area contributed by atoms with Gasteiger partial charge in [-0.05, 0) is 25.7 Å². The van der Waals surface area contributed by atoms with Gasteiger partial charge >= 0.3 is 0 Å². The molecule has 1 saturated heterocycles. The number of nitrogens with two attached hydrogens (primary N) is 1. The highest BCUT2D eigenvalue weighted by Gasteiger charge is 2.51. The first-order chi connectivity index (χ1) is 8.53. The first-order valence-corrected chi connectivity index (χ1v) is 6.76. The third kappa shape index (κ3) is 1.88. The quantitative estimate of drug-likeness (QED) is 0.717. The summed E-state index contributed by atoms with van der Waals surface area (Å²) < 4.78 is 0. The Kier molecular flexibility index (Phi) is 3.56. The summed E-state index contributed by atoms with van der Waals surface area (Å²) in [5.41, 5.74) is 5.06. The number of rotatable bonds is 3. The molecule has 2 fully saturated rings. The molecule has 1 unspecified atom stereocenters. The zero-order valence-corrected chi connectivity index (χ0v) is 11.4. The van der Waals surface area contributed by atoms with Crippen molar-refractivity contribution in [2.75, 3.05) is 13.6 Å². The molecule has 100 valence electrons. The van der Waals surface area contributed by atoms with Crippen LogP contribution in [0.15, 0.2) is 0 Å². The highest BCUT2D eigenvalue weighted by molar-refractivity contribution is 7.80. The van der Waals surface area contributed by atoms with Gasteiger partial charge < -0.3 is 16.0 Å². The van der Waals surface area contributed by atoms with Crippen molar-refractivity contribution in [2.24, 2.45) is 11.1 Å². The molecule has 1 atom stereocenters. The number of nitrogens with zero attached hydrogens (tertiary/aromatic N) is 1. The summed E-state index contributed by atoms with van der Waals surface area (Å²) in [4.78, 5) is 26.3. The van der Waals surface area contributed by atoms with Crippen LogP contribution in [0.4, 0.5) is 0 Å². The molecule has 0 aromatic rings. The van der Waals surface area contributed by atoms with Crippen molar-refractivity contribution in [3.8, 4) is 0 Å². The monoisotopic (exact) mass is 269 g/mol. The number of nitrogens with one attached hydrogen (secondary N) is 1. The lowest BCUT2D eigenvalue weighted by Crippen LogP contribution is -2.57. The Hall–Kier alpha value is -1.17. The van der Waals surface area contributed by atoms with E-state index in [1.807, 2.05) is 0 Å². The first kappa shape index (κ1) is 13.3. The summed E-state index contributed by atoms with van der Waals surface area (Å²) >= 11 is 5.05. The molecule has 0 radical (unpaired) electrons. The Morgan fingerprint density at radius 3 is 2.50 bits per heavy atom. The maximum absolute atomic E-state index is 12.6. The van der Waals surface area contributed by atoms with Crippen molar-refractivity contribution in [1.29, 1.82) is 0 Å². The molecule has 2 rings (SSSR count). The molecular formula is C12H19N3O2S.